The van der Waals surface area contributed by atoms with E-state index in [1.54, 1.807) is 36.4 Å². The summed E-state index contributed by atoms with van der Waals surface area (Å²) in [7, 11) is 0. The molecule has 1 saturated heterocycles. The van der Waals surface area contributed by atoms with Gasteiger partial charge in [0.15, 0.2) is 6.29 Å². The highest BCUT2D eigenvalue weighted by Crippen LogP contribution is 2.23. The SMILES string of the molecule is CCCCCCC=CC(OC(=O)c1ccccc1)C(CO[C@@H]1O[C@H](CO)[C@H](O)[C@H](O)[C@H]1O)N=[N+]=[N-]. The molecule has 1 fully saturated rings. The number of allylic oxidation sites excluding steroid dienone is 1. The van der Waals surface area contributed by atoms with Crippen molar-refractivity contribution in [3.8, 4) is 0 Å². The number of esters is 1. The van der Waals surface area contributed by atoms with Gasteiger partial charge in [-0.25, -0.2) is 4.79 Å². The Hall–Kier alpha value is -2.50. The molecule has 2 rings (SSSR count). The standard InChI is InChI=1S/C24H35N3O8/c1-2-3-4-5-6-10-13-18(34-23(32)16-11-8-7-9-12-16)17(26-27-25)15-33-24-22(31)21(30)20(29)19(14-28)35-24/h7-13,17-22,24,28-31H,2-6,14-15H2,1H3/t17?,18?,19-,20+,21+,22-,24-/m1/s1. The lowest BCUT2D eigenvalue weighted by atomic mass is 9.99. The molecule has 4 N–H and O–H groups in total. The zero-order valence-electron chi connectivity index (χ0n) is 19.8. The lowest BCUT2D eigenvalue weighted by molar-refractivity contribution is -0.302. The van der Waals surface area contributed by atoms with Crippen LogP contribution >= 0.6 is 0 Å². The number of unbranched alkanes of at least 4 members (excludes halogenated alkanes) is 4. The van der Waals surface area contributed by atoms with Gasteiger partial charge in [0.2, 0.25) is 0 Å². The van der Waals surface area contributed by atoms with Crippen LogP contribution in [0.3, 0.4) is 0 Å². The number of aliphatic hydroxyl groups is 4. The molecule has 1 aliphatic heterocycles. The summed E-state index contributed by atoms with van der Waals surface area (Å²) in [5, 5.41) is 43.1. The average Bonchev–Trinajstić information content (AvgIpc) is 2.88. The Balaban J connectivity index is 2.13. The van der Waals surface area contributed by atoms with Gasteiger partial charge in [-0.15, -0.1) is 0 Å². The Labute approximate surface area is 204 Å². The number of benzene rings is 1. The summed E-state index contributed by atoms with van der Waals surface area (Å²) in [4.78, 5) is 15.5. The van der Waals surface area contributed by atoms with Crippen molar-refractivity contribution in [2.45, 2.75) is 81.9 Å². The minimum atomic E-state index is -1.61. The molecular formula is C24H35N3O8. The molecule has 7 atom stereocenters. The number of carbonyl (C=O) groups is 1. The summed E-state index contributed by atoms with van der Waals surface area (Å²) in [6.07, 6.45) is 0.197. The minimum Gasteiger partial charge on any atom is -0.454 e. The van der Waals surface area contributed by atoms with Crippen molar-refractivity contribution in [2.24, 2.45) is 5.11 Å². The van der Waals surface area contributed by atoms with E-state index in [1.165, 1.54) is 0 Å². The number of azide groups is 1. The summed E-state index contributed by atoms with van der Waals surface area (Å²) in [6.45, 7) is 1.18. The maximum atomic E-state index is 12.7. The van der Waals surface area contributed by atoms with Crippen LogP contribution in [-0.4, -0.2) is 82.5 Å². The highest BCUT2D eigenvalue weighted by Gasteiger charge is 2.44. The topological polar surface area (TPSA) is 174 Å². The molecule has 194 valence electrons. The molecule has 1 aromatic rings. The fourth-order valence-electron chi connectivity index (χ4n) is 3.59. The Bertz CT molecular complexity index is 831. The first-order valence-electron chi connectivity index (χ1n) is 11.8. The first kappa shape index (κ1) is 28.7. The Morgan fingerprint density at radius 3 is 2.57 bits per heavy atom. The van der Waals surface area contributed by atoms with Gasteiger partial charge in [0.05, 0.1) is 18.8 Å². The van der Waals surface area contributed by atoms with Crippen molar-refractivity contribution in [3.63, 3.8) is 0 Å². The van der Waals surface area contributed by atoms with Crippen molar-refractivity contribution >= 4 is 5.97 Å². The second kappa shape index (κ2) is 15.5. The van der Waals surface area contributed by atoms with E-state index in [2.05, 4.69) is 16.9 Å². The maximum absolute atomic E-state index is 12.7. The lowest BCUT2D eigenvalue weighted by Crippen LogP contribution is -2.59. The van der Waals surface area contributed by atoms with Crippen LogP contribution < -0.4 is 0 Å². The van der Waals surface area contributed by atoms with Crippen molar-refractivity contribution in [1.82, 2.24) is 0 Å². The number of hydrogen-bond donors (Lipinski definition) is 4. The second-order valence-corrected chi connectivity index (χ2v) is 8.32. The summed E-state index contributed by atoms with van der Waals surface area (Å²) < 4.78 is 16.5. The molecule has 0 radical (unpaired) electrons. The molecule has 1 heterocycles. The summed E-state index contributed by atoms with van der Waals surface area (Å²) >= 11 is 0. The Kier molecular flexibility index (Phi) is 12.7. The van der Waals surface area contributed by atoms with Crippen LogP contribution in [0.4, 0.5) is 0 Å². The zero-order valence-corrected chi connectivity index (χ0v) is 19.8. The van der Waals surface area contributed by atoms with E-state index < -0.39 is 55.4 Å². The van der Waals surface area contributed by atoms with Gasteiger partial charge in [0.1, 0.15) is 36.6 Å². The van der Waals surface area contributed by atoms with Gasteiger partial charge >= 0.3 is 5.97 Å². The molecule has 0 saturated carbocycles. The third kappa shape index (κ3) is 8.90. The van der Waals surface area contributed by atoms with E-state index in [0.717, 1.165) is 32.1 Å². The smallest absolute Gasteiger partial charge is 0.338 e. The molecule has 1 aromatic carbocycles. The molecule has 0 aliphatic carbocycles. The molecule has 11 nitrogen and oxygen atoms in total. The number of nitrogens with zero attached hydrogens (tertiary/aromatic N) is 3. The number of carbonyl (C=O) groups excluding carboxylic acids is 1. The van der Waals surface area contributed by atoms with Crippen molar-refractivity contribution in [2.75, 3.05) is 13.2 Å². The first-order valence-corrected chi connectivity index (χ1v) is 11.8. The molecule has 0 spiro atoms. The summed E-state index contributed by atoms with van der Waals surface area (Å²) in [5.41, 5.74) is 9.43. The average molecular weight is 494 g/mol. The maximum Gasteiger partial charge on any atom is 0.338 e. The largest absolute Gasteiger partial charge is 0.454 e. The molecule has 11 heteroatoms. The predicted molar refractivity (Wildman–Crippen MR) is 126 cm³/mol. The Morgan fingerprint density at radius 2 is 1.91 bits per heavy atom. The predicted octanol–water partition coefficient (Wildman–Crippen LogP) is 2.23. The van der Waals surface area contributed by atoms with Gasteiger partial charge < -0.3 is 34.6 Å². The first-order chi connectivity index (χ1) is 16.9. The van der Waals surface area contributed by atoms with Gasteiger partial charge in [0, 0.05) is 4.91 Å². The van der Waals surface area contributed by atoms with Crippen LogP contribution in [0.15, 0.2) is 47.6 Å². The fourth-order valence-corrected chi connectivity index (χ4v) is 3.59. The number of hydrogen-bond acceptors (Lipinski definition) is 9. The fraction of sp³-hybridized carbons (Fsp3) is 0.625. The number of ether oxygens (including phenoxy) is 3. The second-order valence-electron chi connectivity index (χ2n) is 8.32. The summed E-state index contributed by atoms with van der Waals surface area (Å²) in [6, 6.07) is 7.33. The molecular weight excluding hydrogens is 458 g/mol. The van der Waals surface area contributed by atoms with E-state index in [1.807, 2.05) is 6.08 Å². The van der Waals surface area contributed by atoms with E-state index in [4.69, 9.17) is 19.7 Å². The third-order valence-corrected chi connectivity index (χ3v) is 5.66. The van der Waals surface area contributed by atoms with Gasteiger partial charge in [-0.3, -0.25) is 0 Å². The Morgan fingerprint density at radius 1 is 1.17 bits per heavy atom. The van der Waals surface area contributed by atoms with Crippen LogP contribution in [0, 0.1) is 0 Å². The normalized spacial score (nSPS) is 26.1. The minimum absolute atomic E-state index is 0.323. The van der Waals surface area contributed by atoms with E-state index in [-0.39, 0.29) is 6.61 Å². The van der Waals surface area contributed by atoms with E-state index in [9.17, 15) is 25.2 Å². The van der Waals surface area contributed by atoms with Crippen LogP contribution in [0.25, 0.3) is 10.4 Å². The zero-order chi connectivity index (χ0) is 25.6. The van der Waals surface area contributed by atoms with Crippen molar-refractivity contribution in [1.29, 1.82) is 0 Å². The van der Waals surface area contributed by atoms with Crippen LogP contribution in [-0.2, 0) is 14.2 Å². The number of aliphatic hydroxyl groups excluding tert-OH is 4. The van der Waals surface area contributed by atoms with Crippen molar-refractivity contribution < 1.29 is 39.4 Å². The molecule has 1 aliphatic rings. The molecule has 35 heavy (non-hydrogen) atoms. The molecule has 0 bridgehead atoms. The van der Waals surface area contributed by atoms with Gasteiger partial charge in [-0.05, 0) is 36.6 Å². The monoisotopic (exact) mass is 493 g/mol. The van der Waals surface area contributed by atoms with Gasteiger partial charge in [0.25, 0.3) is 0 Å². The quantitative estimate of drug-likeness (QED) is 0.0762. The molecule has 0 amide bonds. The lowest BCUT2D eigenvalue weighted by Gasteiger charge is -2.40. The summed E-state index contributed by atoms with van der Waals surface area (Å²) in [5.74, 6) is -0.614. The van der Waals surface area contributed by atoms with Crippen LogP contribution in [0.1, 0.15) is 49.4 Å². The van der Waals surface area contributed by atoms with Gasteiger partial charge in [-0.2, -0.15) is 0 Å². The van der Waals surface area contributed by atoms with E-state index in [0.29, 0.717) is 5.56 Å². The molecule has 2 unspecified atom stereocenters. The molecule has 0 aromatic heterocycles. The van der Waals surface area contributed by atoms with Crippen LogP contribution in [0.2, 0.25) is 0 Å². The van der Waals surface area contributed by atoms with Crippen LogP contribution in [0.5, 0.6) is 0 Å². The third-order valence-electron chi connectivity index (χ3n) is 5.66. The number of rotatable bonds is 14. The van der Waals surface area contributed by atoms with E-state index >= 15 is 0 Å². The highest BCUT2D eigenvalue weighted by molar-refractivity contribution is 5.89. The van der Waals surface area contributed by atoms with Gasteiger partial charge in [-0.1, -0.05) is 55.6 Å². The highest BCUT2D eigenvalue weighted by atomic mass is 16.7. The van der Waals surface area contributed by atoms with Crippen molar-refractivity contribution in [3.05, 3.63) is 58.5 Å².